The van der Waals surface area contributed by atoms with Gasteiger partial charge in [-0.2, -0.15) is 0 Å². The number of nitrogens with zero attached hydrogens (tertiary/aromatic N) is 1. The van der Waals surface area contributed by atoms with Crippen LogP contribution in [0.5, 0.6) is 0 Å². The molecular weight excluding hydrogens is 172 g/mol. The highest BCUT2D eigenvalue weighted by Gasteiger charge is 2.26. The van der Waals surface area contributed by atoms with E-state index < -0.39 is 5.97 Å². The molecule has 1 saturated heterocycles. The van der Waals surface area contributed by atoms with Crippen molar-refractivity contribution in [3.05, 3.63) is 0 Å². The second kappa shape index (κ2) is 4.23. The summed E-state index contributed by atoms with van der Waals surface area (Å²) in [6, 6.07) is -0.0554. The van der Waals surface area contributed by atoms with Crippen molar-refractivity contribution in [1.82, 2.24) is 10.2 Å². The molecule has 13 heavy (non-hydrogen) atoms. The van der Waals surface area contributed by atoms with Gasteiger partial charge in [-0.15, -0.1) is 0 Å². The zero-order valence-electron chi connectivity index (χ0n) is 7.62. The Morgan fingerprint density at radius 2 is 2.46 bits per heavy atom. The lowest BCUT2D eigenvalue weighted by Crippen LogP contribution is -2.54. The summed E-state index contributed by atoms with van der Waals surface area (Å²) in [5.74, 6) is -0.844. The predicted octanol–water partition coefficient (Wildman–Crippen LogP) is -0.719. The number of rotatable bonds is 3. The molecule has 1 unspecified atom stereocenters. The Kier molecular flexibility index (Phi) is 3.25. The monoisotopic (exact) mass is 186 g/mol. The number of likely N-dealkylation sites (N-methyl/N-ethyl adjacent to an activating group) is 1. The Morgan fingerprint density at radius 1 is 1.77 bits per heavy atom. The molecule has 0 aromatic rings. The Balaban J connectivity index is 2.52. The van der Waals surface area contributed by atoms with Gasteiger partial charge in [0.2, 0.25) is 5.91 Å². The largest absolute Gasteiger partial charge is 0.481 e. The molecule has 5 heteroatoms. The van der Waals surface area contributed by atoms with Crippen molar-refractivity contribution in [2.24, 2.45) is 0 Å². The molecule has 1 aliphatic heterocycles. The Hall–Kier alpha value is -1.10. The van der Waals surface area contributed by atoms with E-state index in [-0.39, 0.29) is 18.4 Å². The van der Waals surface area contributed by atoms with Crippen LogP contribution >= 0.6 is 0 Å². The zero-order chi connectivity index (χ0) is 9.84. The number of carbonyl (C=O) groups is 2. The molecule has 0 aromatic heterocycles. The van der Waals surface area contributed by atoms with E-state index in [0.717, 1.165) is 0 Å². The van der Waals surface area contributed by atoms with E-state index in [4.69, 9.17) is 5.11 Å². The quantitative estimate of drug-likeness (QED) is 0.610. The molecule has 74 valence electrons. The number of carbonyl (C=O) groups excluding carboxylic acids is 1. The predicted molar refractivity (Wildman–Crippen MR) is 46.3 cm³/mol. The van der Waals surface area contributed by atoms with Gasteiger partial charge in [0.1, 0.15) is 0 Å². The minimum absolute atomic E-state index is 0.0245. The summed E-state index contributed by atoms with van der Waals surface area (Å²) >= 11 is 0. The third kappa shape index (κ3) is 2.69. The molecule has 0 radical (unpaired) electrons. The van der Waals surface area contributed by atoms with Gasteiger partial charge in [-0.3, -0.25) is 14.5 Å². The van der Waals surface area contributed by atoms with E-state index in [1.54, 1.807) is 0 Å². The zero-order valence-corrected chi connectivity index (χ0v) is 7.62. The van der Waals surface area contributed by atoms with Crippen LogP contribution in [-0.2, 0) is 9.59 Å². The fourth-order valence-corrected chi connectivity index (χ4v) is 1.50. The van der Waals surface area contributed by atoms with Crippen LogP contribution in [0.25, 0.3) is 0 Å². The molecule has 5 nitrogen and oxygen atoms in total. The number of nitrogens with one attached hydrogen (secondary N) is 1. The maximum atomic E-state index is 11.0. The average Bonchev–Trinajstić information content (AvgIpc) is 2.07. The van der Waals surface area contributed by atoms with Gasteiger partial charge in [0.05, 0.1) is 13.0 Å². The van der Waals surface area contributed by atoms with Crippen LogP contribution in [0.15, 0.2) is 0 Å². The van der Waals surface area contributed by atoms with Crippen molar-refractivity contribution < 1.29 is 14.7 Å². The third-order valence-corrected chi connectivity index (χ3v) is 2.21. The molecule has 0 spiro atoms. The first-order valence-corrected chi connectivity index (χ1v) is 4.36. The molecule has 1 atom stereocenters. The lowest BCUT2D eigenvalue weighted by Gasteiger charge is -2.33. The number of carboxylic acid groups (broad SMARTS) is 1. The normalized spacial score (nSPS) is 24.1. The van der Waals surface area contributed by atoms with Gasteiger partial charge in [-0.1, -0.05) is 6.92 Å². The fraction of sp³-hybridized carbons (Fsp3) is 0.750. The Bertz CT molecular complexity index is 217. The van der Waals surface area contributed by atoms with Crippen LogP contribution in [-0.4, -0.2) is 47.6 Å². The lowest BCUT2D eigenvalue weighted by molar-refractivity contribution is -0.140. The topological polar surface area (TPSA) is 69.6 Å². The molecule has 2 N–H and O–H groups in total. The molecule has 1 amide bonds. The van der Waals surface area contributed by atoms with Crippen LogP contribution in [0.3, 0.4) is 0 Å². The first kappa shape index (κ1) is 9.98. The van der Waals surface area contributed by atoms with E-state index in [2.05, 4.69) is 5.32 Å². The minimum Gasteiger partial charge on any atom is -0.481 e. The van der Waals surface area contributed by atoms with Crippen molar-refractivity contribution in [1.29, 1.82) is 0 Å². The molecular formula is C8H14N2O3. The summed E-state index contributed by atoms with van der Waals surface area (Å²) in [4.78, 5) is 23.3. The Labute approximate surface area is 76.7 Å². The number of aliphatic carboxylic acids is 1. The molecule has 1 aliphatic rings. The van der Waals surface area contributed by atoms with Gasteiger partial charge in [0.25, 0.3) is 0 Å². The van der Waals surface area contributed by atoms with Crippen molar-refractivity contribution in [3.8, 4) is 0 Å². The average molecular weight is 186 g/mol. The van der Waals surface area contributed by atoms with Crippen molar-refractivity contribution >= 4 is 11.9 Å². The summed E-state index contributed by atoms with van der Waals surface area (Å²) in [5, 5.41) is 11.3. The highest BCUT2D eigenvalue weighted by Crippen LogP contribution is 2.06. The molecule has 0 saturated carbocycles. The van der Waals surface area contributed by atoms with Gasteiger partial charge < -0.3 is 10.4 Å². The minimum atomic E-state index is -0.820. The van der Waals surface area contributed by atoms with Crippen LogP contribution < -0.4 is 5.32 Å². The van der Waals surface area contributed by atoms with Gasteiger partial charge in [0, 0.05) is 12.6 Å². The van der Waals surface area contributed by atoms with Crippen molar-refractivity contribution in [3.63, 3.8) is 0 Å². The summed E-state index contributed by atoms with van der Waals surface area (Å²) in [5.41, 5.74) is 0. The van der Waals surface area contributed by atoms with E-state index in [1.807, 2.05) is 11.8 Å². The van der Waals surface area contributed by atoms with Crippen LogP contribution in [0.2, 0.25) is 0 Å². The van der Waals surface area contributed by atoms with Gasteiger partial charge in [-0.05, 0) is 6.54 Å². The van der Waals surface area contributed by atoms with Crippen LogP contribution in [0, 0.1) is 0 Å². The van der Waals surface area contributed by atoms with E-state index in [9.17, 15) is 9.59 Å². The molecule has 1 fully saturated rings. The highest BCUT2D eigenvalue weighted by atomic mass is 16.4. The summed E-state index contributed by atoms with van der Waals surface area (Å²) in [6.45, 7) is 3.40. The van der Waals surface area contributed by atoms with Crippen molar-refractivity contribution in [2.45, 2.75) is 19.4 Å². The van der Waals surface area contributed by atoms with Gasteiger partial charge >= 0.3 is 5.97 Å². The first-order chi connectivity index (χ1) is 6.13. The highest BCUT2D eigenvalue weighted by molar-refractivity contribution is 5.79. The number of hydrogen-bond acceptors (Lipinski definition) is 3. The van der Waals surface area contributed by atoms with E-state index in [1.165, 1.54) is 0 Å². The molecule has 1 heterocycles. The smallest absolute Gasteiger partial charge is 0.305 e. The SMILES string of the molecule is CCN1CC(=O)NCC1CC(=O)O. The number of carboxylic acids is 1. The van der Waals surface area contributed by atoms with Gasteiger partial charge in [-0.25, -0.2) is 0 Å². The molecule has 1 rings (SSSR count). The van der Waals surface area contributed by atoms with Crippen molar-refractivity contribution in [2.75, 3.05) is 19.6 Å². The number of hydrogen-bond donors (Lipinski definition) is 2. The second-order valence-corrected chi connectivity index (χ2v) is 3.12. The third-order valence-electron chi connectivity index (χ3n) is 2.21. The lowest BCUT2D eigenvalue weighted by atomic mass is 10.1. The molecule has 0 aromatic carbocycles. The Morgan fingerprint density at radius 3 is 3.00 bits per heavy atom. The van der Waals surface area contributed by atoms with E-state index >= 15 is 0 Å². The van der Waals surface area contributed by atoms with Crippen LogP contribution in [0.4, 0.5) is 0 Å². The van der Waals surface area contributed by atoms with Gasteiger partial charge in [0.15, 0.2) is 0 Å². The number of amides is 1. The molecule has 0 bridgehead atoms. The fourth-order valence-electron chi connectivity index (χ4n) is 1.50. The van der Waals surface area contributed by atoms with E-state index in [0.29, 0.717) is 19.6 Å². The standard InChI is InChI=1S/C8H14N2O3/c1-2-10-5-7(11)9-4-6(10)3-8(12)13/h6H,2-5H2,1H3,(H,9,11)(H,12,13). The van der Waals surface area contributed by atoms with Crippen LogP contribution in [0.1, 0.15) is 13.3 Å². The molecule has 0 aliphatic carbocycles. The number of piperazine rings is 1. The maximum absolute atomic E-state index is 11.0. The summed E-state index contributed by atoms with van der Waals surface area (Å²) in [7, 11) is 0. The summed E-state index contributed by atoms with van der Waals surface area (Å²) < 4.78 is 0. The first-order valence-electron chi connectivity index (χ1n) is 4.36. The summed E-state index contributed by atoms with van der Waals surface area (Å²) in [6.07, 6.45) is 0.0914. The maximum Gasteiger partial charge on any atom is 0.305 e. The second-order valence-electron chi connectivity index (χ2n) is 3.12.